The fourth-order valence-electron chi connectivity index (χ4n) is 3.32. The summed E-state index contributed by atoms with van der Waals surface area (Å²) in [7, 11) is 1.46. The summed E-state index contributed by atoms with van der Waals surface area (Å²) in [5.41, 5.74) is 1.41. The molecule has 1 atom stereocenters. The van der Waals surface area contributed by atoms with Crippen LogP contribution in [0.2, 0.25) is 5.15 Å². The summed E-state index contributed by atoms with van der Waals surface area (Å²) >= 11 is 6.19. The monoisotopic (exact) mass is 458 g/mol. The van der Waals surface area contributed by atoms with Gasteiger partial charge in [0.25, 0.3) is 0 Å². The zero-order valence-electron chi connectivity index (χ0n) is 17.6. The molecule has 1 heterocycles. The number of H-pyrrole nitrogens is 1. The van der Waals surface area contributed by atoms with Crippen LogP contribution in [0.1, 0.15) is 52.3 Å². The van der Waals surface area contributed by atoms with Gasteiger partial charge in [0.05, 0.1) is 18.4 Å². The van der Waals surface area contributed by atoms with Crippen molar-refractivity contribution in [3.63, 3.8) is 0 Å². The number of halogens is 1. The standard InChI is InChI=1S/C23H23ClN2O6/c1-3-4-18-25-20(21(24)26-18)19(23(29)30)13-5-8-15(9-6-13)32-12-14-7-10-16(31-2)11-17(14)22(27)28/h5-11,19H,3-4,12H2,1-2H3,(H,25,26)(H,27,28)(H,29,30). The molecule has 1 aromatic heterocycles. The summed E-state index contributed by atoms with van der Waals surface area (Å²) in [6.45, 7) is 2.02. The number of nitrogens with one attached hydrogen (secondary N) is 1. The highest BCUT2D eigenvalue weighted by molar-refractivity contribution is 6.30. The van der Waals surface area contributed by atoms with Crippen LogP contribution in [-0.2, 0) is 17.8 Å². The van der Waals surface area contributed by atoms with Crippen molar-refractivity contribution in [3.05, 3.63) is 75.8 Å². The van der Waals surface area contributed by atoms with Gasteiger partial charge in [-0.15, -0.1) is 0 Å². The number of aromatic amines is 1. The topological polar surface area (TPSA) is 122 Å². The van der Waals surface area contributed by atoms with Crippen molar-refractivity contribution < 1.29 is 29.3 Å². The highest BCUT2D eigenvalue weighted by Gasteiger charge is 2.27. The first-order valence-electron chi connectivity index (χ1n) is 9.94. The fourth-order valence-corrected chi connectivity index (χ4v) is 3.58. The number of methoxy groups -OCH3 is 1. The normalized spacial score (nSPS) is 11.7. The molecule has 0 fully saturated rings. The highest BCUT2D eigenvalue weighted by atomic mass is 35.5. The fraction of sp³-hybridized carbons (Fsp3) is 0.261. The van der Waals surface area contributed by atoms with Gasteiger partial charge >= 0.3 is 11.9 Å². The van der Waals surface area contributed by atoms with Gasteiger partial charge in [0.15, 0.2) is 5.15 Å². The number of imidazole rings is 1. The number of aliphatic carboxylic acids is 1. The molecule has 0 radical (unpaired) electrons. The van der Waals surface area contributed by atoms with Crippen LogP contribution in [0.25, 0.3) is 0 Å². The minimum Gasteiger partial charge on any atom is -0.497 e. The molecule has 0 aliphatic rings. The van der Waals surface area contributed by atoms with Crippen molar-refractivity contribution >= 4 is 23.5 Å². The van der Waals surface area contributed by atoms with Crippen molar-refractivity contribution in [1.82, 2.24) is 9.97 Å². The largest absolute Gasteiger partial charge is 0.497 e. The molecule has 3 aromatic rings. The number of benzene rings is 2. The van der Waals surface area contributed by atoms with E-state index in [9.17, 15) is 19.8 Å². The van der Waals surface area contributed by atoms with E-state index in [1.165, 1.54) is 13.2 Å². The number of aromatic nitrogens is 2. The summed E-state index contributed by atoms with van der Waals surface area (Å²) in [6, 6.07) is 11.3. The van der Waals surface area contributed by atoms with Crippen LogP contribution in [-0.4, -0.2) is 39.2 Å². The summed E-state index contributed by atoms with van der Waals surface area (Å²) in [5, 5.41) is 19.3. The average molecular weight is 459 g/mol. The molecule has 0 amide bonds. The van der Waals surface area contributed by atoms with Gasteiger partial charge in [-0.25, -0.2) is 9.78 Å². The number of aryl methyl sites for hydroxylation is 1. The molecule has 32 heavy (non-hydrogen) atoms. The summed E-state index contributed by atoms with van der Waals surface area (Å²) in [5.74, 6) is -1.60. The number of ether oxygens (including phenoxy) is 2. The van der Waals surface area contributed by atoms with E-state index >= 15 is 0 Å². The van der Waals surface area contributed by atoms with Crippen LogP contribution in [0.15, 0.2) is 42.5 Å². The van der Waals surface area contributed by atoms with E-state index in [0.29, 0.717) is 40.6 Å². The third-order valence-corrected chi connectivity index (χ3v) is 5.20. The lowest BCUT2D eigenvalue weighted by Crippen LogP contribution is -2.14. The lowest BCUT2D eigenvalue weighted by Gasteiger charge is -2.14. The van der Waals surface area contributed by atoms with E-state index in [1.807, 2.05) is 6.92 Å². The Labute approximate surface area is 189 Å². The van der Waals surface area contributed by atoms with E-state index in [2.05, 4.69) is 9.97 Å². The molecule has 8 nitrogen and oxygen atoms in total. The Bertz CT molecular complexity index is 1110. The Balaban J connectivity index is 1.78. The van der Waals surface area contributed by atoms with Gasteiger partial charge < -0.3 is 24.7 Å². The Kier molecular flexibility index (Phi) is 7.37. The summed E-state index contributed by atoms with van der Waals surface area (Å²) in [4.78, 5) is 30.7. The van der Waals surface area contributed by atoms with Gasteiger partial charge in [0.2, 0.25) is 0 Å². The smallest absolute Gasteiger partial charge is 0.336 e. The number of nitrogens with zero attached hydrogens (tertiary/aromatic N) is 1. The number of hydrogen-bond donors (Lipinski definition) is 3. The first kappa shape index (κ1) is 23.1. The van der Waals surface area contributed by atoms with Crippen molar-refractivity contribution in [1.29, 1.82) is 0 Å². The number of hydrogen-bond acceptors (Lipinski definition) is 5. The minimum absolute atomic E-state index is 0.0279. The first-order chi connectivity index (χ1) is 15.3. The third kappa shape index (κ3) is 5.20. The van der Waals surface area contributed by atoms with Gasteiger partial charge in [-0.2, -0.15) is 0 Å². The third-order valence-electron chi connectivity index (χ3n) is 4.91. The zero-order chi connectivity index (χ0) is 23.3. The maximum absolute atomic E-state index is 12.0. The second-order valence-electron chi connectivity index (χ2n) is 7.10. The number of carboxylic acids is 2. The van der Waals surface area contributed by atoms with Gasteiger partial charge in [0.1, 0.15) is 29.8 Å². The SMILES string of the molecule is CCCc1nc(Cl)c(C(C(=O)O)c2ccc(OCc3ccc(OC)cc3C(=O)O)cc2)[nH]1. The second kappa shape index (κ2) is 10.2. The Morgan fingerprint density at radius 1 is 1.12 bits per heavy atom. The quantitative estimate of drug-likeness (QED) is 0.408. The second-order valence-corrected chi connectivity index (χ2v) is 7.45. The Morgan fingerprint density at radius 2 is 1.81 bits per heavy atom. The molecule has 0 aliphatic heterocycles. The molecule has 0 saturated carbocycles. The van der Waals surface area contributed by atoms with Crippen LogP contribution in [0.4, 0.5) is 0 Å². The Hall–Kier alpha value is -3.52. The summed E-state index contributed by atoms with van der Waals surface area (Å²) < 4.78 is 10.8. The van der Waals surface area contributed by atoms with Crippen LogP contribution < -0.4 is 9.47 Å². The molecule has 3 N–H and O–H groups in total. The van der Waals surface area contributed by atoms with Crippen LogP contribution >= 0.6 is 11.6 Å². The molecule has 0 spiro atoms. The van der Waals surface area contributed by atoms with Gasteiger partial charge in [-0.1, -0.05) is 36.7 Å². The van der Waals surface area contributed by atoms with Gasteiger partial charge in [-0.05, 0) is 36.2 Å². The van der Waals surface area contributed by atoms with Crippen molar-refractivity contribution in [3.8, 4) is 11.5 Å². The molecule has 168 valence electrons. The average Bonchev–Trinajstić information content (AvgIpc) is 3.12. The predicted octanol–water partition coefficient (Wildman–Crippen LogP) is 4.52. The molecule has 0 bridgehead atoms. The lowest BCUT2D eigenvalue weighted by molar-refractivity contribution is -0.137. The molecule has 2 aromatic carbocycles. The van der Waals surface area contributed by atoms with E-state index in [4.69, 9.17) is 21.1 Å². The first-order valence-corrected chi connectivity index (χ1v) is 10.3. The van der Waals surface area contributed by atoms with Gasteiger partial charge in [0, 0.05) is 12.0 Å². The number of carbonyl (C=O) groups is 2. The number of carboxylic acid groups (broad SMARTS) is 2. The molecule has 3 rings (SSSR count). The maximum Gasteiger partial charge on any atom is 0.336 e. The van der Waals surface area contributed by atoms with Crippen molar-refractivity contribution in [2.75, 3.05) is 7.11 Å². The summed E-state index contributed by atoms with van der Waals surface area (Å²) in [6.07, 6.45) is 1.52. The predicted molar refractivity (Wildman–Crippen MR) is 118 cm³/mol. The molecule has 0 aliphatic carbocycles. The maximum atomic E-state index is 12.0. The zero-order valence-corrected chi connectivity index (χ0v) is 18.3. The molecular formula is C23H23ClN2O6. The molecule has 9 heteroatoms. The van der Waals surface area contributed by atoms with E-state index in [1.54, 1.807) is 36.4 Å². The Morgan fingerprint density at radius 3 is 2.41 bits per heavy atom. The number of aromatic carboxylic acids is 1. The lowest BCUT2D eigenvalue weighted by atomic mass is 9.96. The minimum atomic E-state index is -1.08. The van der Waals surface area contributed by atoms with E-state index in [-0.39, 0.29) is 17.3 Å². The van der Waals surface area contributed by atoms with Crippen molar-refractivity contribution in [2.24, 2.45) is 0 Å². The molecule has 1 unspecified atom stereocenters. The van der Waals surface area contributed by atoms with Crippen LogP contribution in [0.5, 0.6) is 11.5 Å². The molecule has 0 saturated heterocycles. The van der Waals surface area contributed by atoms with Gasteiger partial charge in [-0.3, -0.25) is 4.79 Å². The van der Waals surface area contributed by atoms with E-state index < -0.39 is 17.9 Å². The number of rotatable bonds is 10. The highest BCUT2D eigenvalue weighted by Crippen LogP contribution is 2.31. The van der Waals surface area contributed by atoms with Crippen LogP contribution in [0, 0.1) is 0 Å². The van der Waals surface area contributed by atoms with Crippen LogP contribution in [0.3, 0.4) is 0 Å². The molecular weight excluding hydrogens is 436 g/mol. The van der Waals surface area contributed by atoms with E-state index in [0.717, 1.165) is 6.42 Å². The van der Waals surface area contributed by atoms with Crippen molar-refractivity contribution in [2.45, 2.75) is 32.3 Å².